The fraction of sp³-hybridized carbons (Fsp3) is 0.320. The predicted octanol–water partition coefficient (Wildman–Crippen LogP) is 4.89. The molecule has 0 saturated carbocycles. The van der Waals surface area contributed by atoms with Gasteiger partial charge < -0.3 is 14.8 Å². The van der Waals surface area contributed by atoms with Gasteiger partial charge in [-0.15, -0.1) is 0 Å². The predicted molar refractivity (Wildman–Crippen MR) is 117 cm³/mol. The van der Waals surface area contributed by atoms with Crippen molar-refractivity contribution in [3.05, 3.63) is 77.4 Å². The largest absolute Gasteiger partial charge is 0.361 e. The number of amides is 1. The van der Waals surface area contributed by atoms with Gasteiger partial charge in [0.25, 0.3) is 0 Å². The van der Waals surface area contributed by atoms with E-state index in [2.05, 4.69) is 22.0 Å². The van der Waals surface area contributed by atoms with Crippen molar-refractivity contribution in [2.24, 2.45) is 0 Å². The van der Waals surface area contributed by atoms with Crippen LogP contribution >= 0.6 is 0 Å². The third-order valence-corrected chi connectivity index (χ3v) is 6.50. The number of hydrogen-bond donors (Lipinski definition) is 1. The van der Waals surface area contributed by atoms with Crippen LogP contribution in [0.3, 0.4) is 0 Å². The van der Waals surface area contributed by atoms with Crippen LogP contribution in [-0.4, -0.2) is 40.3 Å². The highest BCUT2D eigenvalue weighted by atomic mass is 19.1. The Balaban J connectivity index is 1.15. The molecular formula is C25H26FN3O. The molecule has 0 radical (unpaired) electrons. The molecule has 2 aliphatic rings. The number of rotatable bonds is 4. The Morgan fingerprint density at radius 3 is 2.80 bits per heavy atom. The lowest BCUT2D eigenvalue weighted by Gasteiger charge is -2.32. The van der Waals surface area contributed by atoms with E-state index >= 15 is 0 Å². The van der Waals surface area contributed by atoms with E-state index in [1.165, 1.54) is 17.2 Å². The quantitative estimate of drug-likeness (QED) is 0.674. The third-order valence-electron chi connectivity index (χ3n) is 6.50. The minimum Gasteiger partial charge on any atom is -0.361 e. The molecule has 30 heavy (non-hydrogen) atoms. The van der Waals surface area contributed by atoms with Crippen molar-refractivity contribution in [3.63, 3.8) is 0 Å². The maximum atomic E-state index is 14.3. The summed E-state index contributed by atoms with van der Waals surface area (Å²) < 4.78 is 14.3. The smallest absolute Gasteiger partial charge is 0.228 e. The number of likely N-dealkylation sites (tertiary alicyclic amines) is 1. The summed E-state index contributed by atoms with van der Waals surface area (Å²) in [4.78, 5) is 20.1. The maximum Gasteiger partial charge on any atom is 0.228 e. The van der Waals surface area contributed by atoms with Crippen LogP contribution in [0.15, 0.2) is 54.9 Å². The van der Waals surface area contributed by atoms with E-state index < -0.39 is 0 Å². The molecule has 5 heteroatoms. The van der Waals surface area contributed by atoms with E-state index in [0.29, 0.717) is 18.9 Å². The van der Waals surface area contributed by atoms with E-state index in [1.807, 2.05) is 41.6 Å². The summed E-state index contributed by atoms with van der Waals surface area (Å²) in [5, 5.41) is 0.739. The molecule has 1 saturated heterocycles. The maximum absolute atomic E-state index is 14.3. The summed E-state index contributed by atoms with van der Waals surface area (Å²) in [6.07, 6.45) is 8.40. The van der Waals surface area contributed by atoms with Gasteiger partial charge in [-0.2, -0.15) is 0 Å². The van der Waals surface area contributed by atoms with Gasteiger partial charge in [-0.1, -0.05) is 30.3 Å². The Morgan fingerprint density at radius 1 is 1.10 bits per heavy atom. The van der Waals surface area contributed by atoms with Crippen LogP contribution in [0.25, 0.3) is 17.0 Å². The van der Waals surface area contributed by atoms with Gasteiger partial charge >= 0.3 is 0 Å². The summed E-state index contributed by atoms with van der Waals surface area (Å²) in [5.41, 5.74) is 4.35. The van der Waals surface area contributed by atoms with Gasteiger partial charge in [-0.25, -0.2) is 4.39 Å². The molecule has 0 aliphatic carbocycles. The number of H-pyrrole nitrogens is 1. The third kappa shape index (κ3) is 3.65. The molecular weight excluding hydrogens is 377 g/mol. The molecule has 2 aromatic carbocycles. The minimum atomic E-state index is -0.145. The highest BCUT2D eigenvalue weighted by Crippen LogP contribution is 2.34. The Morgan fingerprint density at radius 2 is 1.93 bits per heavy atom. The average molecular weight is 404 g/mol. The number of hydrogen-bond acceptors (Lipinski definition) is 2. The fourth-order valence-electron chi connectivity index (χ4n) is 4.77. The number of benzene rings is 2. The number of halogens is 1. The van der Waals surface area contributed by atoms with Crippen LogP contribution in [0.1, 0.15) is 41.9 Å². The molecule has 1 amide bonds. The average Bonchev–Trinajstić information content (AvgIpc) is 3.23. The lowest BCUT2D eigenvalue weighted by Crippen LogP contribution is -2.36. The SMILES string of the molecule is O=C(CCN1CCC(c2c[nH]c3cccc(F)c23)CC1)N1C=Cc2ccccc2C1. The number of aromatic nitrogens is 1. The van der Waals surface area contributed by atoms with Crippen molar-refractivity contribution in [3.8, 4) is 0 Å². The molecule has 0 unspecified atom stereocenters. The summed E-state index contributed by atoms with van der Waals surface area (Å²) in [7, 11) is 0. The lowest BCUT2D eigenvalue weighted by atomic mass is 9.89. The topological polar surface area (TPSA) is 39.3 Å². The molecule has 154 valence electrons. The second kappa shape index (κ2) is 8.07. The van der Waals surface area contributed by atoms with Crippen molar-refractivity contribution in [1.29, 1.82) is 0 Å². The number of nitrogens with zero attached hydrogens (tertiary/aromatic N) is 2. The Kier molecular flexibility index (Phi) is 5.13. The van der Waals surface area contributed by atoms with E-state index in [4.69, 9.17) is 0 Å². The van der Waals surface area contributed by atoms with Gasteiger partial charge in [0, 0.05) is 36.3 Å². The molecule has 1 fully saturated rings. The first-order chi connectivity index (χ1) is 14.7. The van der Waals surface area contributed by atoms with Crippen molar-refractivity contribution in [2.45, 2.75) is 31.7 Å². The summed E-state index contributed by atoms with van der Waals surface area (Å²) >= 11 is 0. The number of carbonyl (C=O) groups excluding carboxylic acids is 1. The Labute approximate surface area is 176 Å². The molecule has 1 aromatic heterocycles. The van der Waals surface area contributed by atoms with Gasteiger partial charge in [0.15, 0.2) is 0 Å². The monoisotopic (exact) mass is 403 g/mol. The summed E-state index contributed by atoms with van der Waals surface area (Å²) in [6, 6.07) is 13.4. The Hall–Kier alpha value is -2.92. The van der Waals surface area contributed by atoms with Crippen LogP contribution < -0.4 is 0 Å². The van der Waals surface area contributed by atoms with Crippen LogP contribution in [0.2, 0.25) is 0 Å². The van der Waals surface area contributed by atoms with Gasteiger partial charge in [0.1, 0.15) is 5.82 Å². The van der Waals surface area contributed by atoms with E-state index in [9.17, 15) is 9.18 Å². The van der Waals surface area contributed by atoms with Crippen molar-refractivity contribution < 1.29 is 9.18 Å². The summed E-state index contributed by atoms with van der Waals surface area (Å²) in [6.45, 7) is 3.31. The number of nitrogens with one attached hydrogen (secondary N) is 1. The highest BCUT2D eigenvalue weighted by molar-refractivity contribution is 5.84. The van der Waals surface area contributed by atoms with Crippen molar-refractivity contribution in [2.75, 3.05) is 19.6 Å². The van der Waals surface area contributed by atoms with E-state index in [0.717, 1.165) is 48.9 Å². The zero-order valence-electron chi connectivity index (χ0n) is 17.0. The minimum absolute atomic E-state index is 0.145. The molecule has 5 rings (SSSR count). The number of carbonyl (C=O) groups is 1. The molecule has 0 atom stereocenters. The van der Waals surface area contributed by atoms with Gasteiger partial charge in [0.05, 0.1) is 6.54 Å². The number of aromatic amines is 1. The second-order valence-electron chi connectivity index (χ2n) is 8.31. The first-order valence-corrected chi connectivity index (χ1v) is 10.7. The van der Waals surface area contributed by atoms with Gasteiger partial charge in [-0.3, -0.25) is 4.79 Å². The van der Waals surface area contributed by atoms with E-state index in [-0.39, 0.29) is 11.7 Å². The zero-order valence-corrected chi connectivity index (χ0v) is 17.0. The molecule has 4 nitrogen and oxygen atoms in total. The Bertz CT molecular complexity index is 1090. The van der Waals surface area contributed by atoms with Gasteiger partial charge in [0.2, 0.25) is 5.91 Å². The fourth-order valence-corrected chi connectivity index (χ4v) is 4.77. The number of fused-ring (bicyclic) bond motifs is 2. The first kappa shape index (κ1) is 19.1. The van der Waals surface area contributed by atoms with Crippen molar-refractivity contribution >= 4 is 22.9 Å². The second-order valence-corrected chi connectivity index (χ2v) is 8.31. The van der Waals surface area contributed by atoms with Crippen LogP contribution in [0, 0.1) is 5.82 Å². The standard InChI is InChI=1S/C25H26FN3O/c26-22-6-3-7-23-25(22)21(16-27-23)19-8-12-28(13-9-19)14-11-24(30)29-15-10-18-4-1-2-5-20(18)17-29/h1-7,10,15-16,19,27H,8-9,11-14,17H2. The highest BCUT2D eigenvalue weighted by Gasteiger charge is 2.25. The van der Waals surface area contributed by atoms with Crippen LogP contribution in [0.5, 0.6) is 0 Å². The van der Waals surface area contributed by atoms with E-state index in [1.54, 1.807) is 6.07 Å². The molecule has 3 heterocycles. The molecule has 3 aromatic rings. The lowest BCUT2D eigenvalue weighted by molar-refractivity contribution is -0.129. The van der Waals surface area contributed by atoms with Gasteiger partial charge in [-0.05, 0) is 66.7 Å². The summed E-state index contributed by atoms with van der Waals surface area (Å²) in [5.74, 6) is 0.388. The van der Waals surface area contributed by atoms with Crippen LogP contribution in [-0.2, 0) is 11.3 Å². The molecule has 0 bridgehead atoms. The first-order valence-electron chi connectivity index (χ1n) is 10.7. The molecule has 2 aliphatic heterocycles. The zero-order chi connectivity index (χ0) is 20.5. The molecule has 0 spiro atoms. The van der Waals surface area contributed by atoms with Crippen molar-refractivity contribution in [1.82, 2.24) is 14.8 Å². The van der Waals surface area contributed by atoms with Crippen LogP contribution in [0.4, 0.5) is 4.39 Å². The molecule has 1 N–H and O–H groups in total. The normalized spacial score (nSPS) is 17.4. The number of piperidine rings is 1.